The van der Waals surface area contributed by atoms with Gasteiger partial charge in [-0.15, -0.1) is 0 Å². The summed E-state index contributed by atoms with van der Waals surface area (Å²) in [7, 11) is 0. The smallest absolute Gasteiger partial charge is 0.297 e. The molecule has 1 aromatic rings. The summed E-state index contributed by atoms with van der Waals surface area (Å²) in [5, 5.41) is 3.24. The molecule has 0 saturated carbocycles. The van der Waals surface area contributed by atoms with E-state index in [4.69, 9.17) is 4.42 Å². The van der Waals surface area contributed by atoms with E-state index in [0.29, 0.717) is 0 Å². The molecule has 1 aliphatic heterocycles. The Labute approximate surface area is 97.0 Å². The SMILES string of the molecule is CCNCc1coc(N2CC(C)C(C)C2)n1. The number of hydrogen-bond donors (Lipinski definition) is 1. The average molecular weight is 223 g/mol. The molecule has 1 aliphatic rings. The summed E-state index contributed by atoms with van der Waals surface area (Å²) in [5.41, 5.74) is 0.990. The Balaban J connectivity index is 1.97. The molecule has 90 valence electrons. The summed E-state index contributed by atoms with van der Waals surface area (Å²) in [6.45, 7) is 10.5. The number of oxazole rings is 1. The van der Waals surface area contributed by atoms with Gasteiger partial charge in [0.2, 0.25) is 0 Å². The van der Waals surface area contributed by atoms with Crippen LogP contribution >= 0.6 is 0 Å². The van der Waals surface area contributed by atoms with Crippen molar-refractivity contribution in [1.29, 1.82) is 0 Å². The molecule has 4 nitrogen and oxygen atoms in total. The zero-order valence-electron chi connectivity index (χ0n) is 10.4. The zero-order chi connectivity index (χ0) is 11.5. The second-order valence-electron chi connectivity index (χ2n) is 4.76. The lowest BCUT2D eigenvalue weighted by Gasteiger charge is -2.11. The molecule has 0 aromatic carbocycles. The zero-order valence-corrected chi connectivity index (χ0v) is 10.4. The Bertz CT molecular complexity index is 327. The van der Waals surface area contributed by atoms with Crippen LogP contribution in [0.4, 0.5) is 6.01 Å². The molecule has 2 atom stereocenters. The fourth-order valence-electron chi connectivity index (χ4n) is 2.06. The molecule has 0 amide bonds. The molecule has 1 N–H and O–H groups in total. The Morgan fingerprint density at radius 2 is 2.12 bits per heavy atom. The van der Waals surface area contributed by atoms with Gasteiger partial charge in [-0.1, -0.05) is 20.8 Å². The molecule has 2 rings (SSSR count). The predicted molar refractivity (Wildman–Crippen MR) is 64.4 cm³/mol. The van der Waals surface area contributed by atoms with E-state index < -0.39 is 0 Å². The maximum atomic E-state index is 5.52. The number of nitrogens with zero attached hydrogens (tertiary/aromatic N) is 2. The van der Waals surface area contributed by atoms with E-state index in [1.165, 1.54) is 0 Å². The topological polar surface area (TPSA) is 41.3 Å². The van der Waals surface area contributed by atoms with Crippen molar-refractivity contribution in [2.45, 2.75) is 27.3 Å². The number of hydrogen-bond acceptors (Lipinski definition) is 4. The van der Waals surface area contributed by atoms with E-state index in [1.54, 1.807) is 6.26 Å². The molecule has 1 aromatic heterocycles. The summed E-state index contributed by atoms with van der Waals surface area (Å²) < 4.78 is 5.52. The third kappa shape index (κ3) is 2.38. The van der Waals surface area contributed by atoms with Gasteiger partial charge < -0.3 is 14.6 Å². The van der Waals surface area contributed by atoms with E-state index >= 15 is 0 Å². The van der Waals surface area contributed by atoms with Gasteiger partial charge in [-0.25, -0.2) is 0 Å². The third-order valence-corrected chi connectivity index (χ3v) is 3.35. The van der Waals surface area contributed by atoms with Crippen LogP contribution in [-0.4, -0.2) is 24.6 Å². The second kappa shape index (κ2) is 4.87. The molecule has 2 heterocycles. The van der Waals surface area contributed by atoms with Crippen LogP contribution in [0.25, 0.3) is 0 Å². The Morgan fingerprint density at radius 1 is 1.44 bits per heavy atom. The van der Waals surface area contributed by atoms with E-state index in [-0.39, 0.29) is 0 Å². The third-order valence-electron chi connectivity index (χ3n) is 3.35. The number of nitrogens with one attached hydrogen (secondary N) is 1. The molecule has 2 unspecified atom stereocenters. The van der Waals surface area contributed by atoms with E-state index in [0.717, 1.165) is 49.7 Å². The van der Waals surface area contributed by atoms with Crippen LogP contribution in [0.15, 0.2) is 10.7 Å². The summed E-state index contributed by atoms with van der Waals surface area (Å²) in [4.78, 5) is 6.74. The van der Waals surface area contributed by atoms with Crippen molar-refractivity contribution in [3.05, 3.63) is 12.0 Å². The molecule has 0 aliphatic carbocycles. The summed E-state index contributed by atoms with van der Waals surface area (Å²) in [6, 6.07) is 0.782. The van der Waals surface area contributed by atoms with Crippen molar-refractivity contribution in [1.82, 2.24) is 10.3 Å². The molecule has 0 bridgehead atoms. The monoisotopic (exact) mass is 223 g/mol. The summed E-state index contributed by atoms with van der Waals surface area (Å²) in [6.07, 6.45) is 1.76. The molecule has 1 fully saturated rings. The van der Waals surface area contributed by atoms with Crippen molar-refractivity contribution in [3.8, 4) is 0 Å². The van der Waals surface area contributed by atoms with Gasteiger partial charge >= 0.3 is 0 Å². The van der Waals surface area contributed by atoms with Crippen molar-refractivity contribution < 1.29 is 4.42 Å². The van der Waals surface area contributed by atoms with Gasteiger partial charge in [-0.05, 0) is 18.4 Å². The lowest BCUT2D eigenvalue weighted by Crippen LogP contribution is -2.20. The van der Waals surface area contributed by atoms with Gasteiger partial charge in [0.1, 0.15) is 6.26 Å². The van der Waals surface area contributed by atoms with Gasteiger partial charge in [0.05, 0.1) is 5.69 Å². The maximum absolute atomic E-state index is 5.52. The largest absolute Gasteiger partial charge is 0.432 e. The van der Waals surface area contributed by atoms with Gasteiger partial charge in [0.15, 0.2) is 0 Å². The van der Waals surface area contributed by atoms with Crippen molar-refractivity contribution in [2.24, 2.45) is 11.8 Å². The Morgan fingerprint density at radius 3 is 2.75 bits per heavy atom. The van der Waals surface area contributed by atoms with Crippen LogP contribution in [0.2, 0.25) is 0 Å². The minimum Gasteiger partial charge on any atom is -0.432 e. The van der Waals surface area contributed by atoms with Crippen LogP contribution in [0.1, 0.15) is 26.5 Å². The highest BCUT2D eigenvalue weighted by Gasteiger charge is 2.28. The molecule has 0 spiro atoms. The van der Waals surface area contributed by atoms with Crippen LogP contribution in [0.5, 0.6) is 0 Å². The highest BCUT2D eigenvalue weighted by molar-refractivity contribution is 5.29. The lowest BCUT2D eigenvalue weighted by molar-refractivity contribution is 0.494. The van der Waals surface area contributed by atoms with Crippen molar-refractivity contribution >= 4 is 6.01 Å². The predicted octanol–water partition coefficient (Wildman–Crippen LogP) is 1.88. The van der Waals surface area contributed by atoms with E-state index in [2.05, 4.69) is 36.0 Å². The Hall–Kier alpha value is -1.03. The summed E-state index contributed by atoms with van der Waals surface area (Å²) >= 11 is 0. The number of rotatable bonds is 4. The fourth-order valence-corrected chi connectivity index (χ4v) is 2.06. The number of aromatic nitrogens is 1. The quantitative estimate of drug-likeness (QED) is 0.846. The lowest BCUT2D eigenvalue weighted by atomic mass is 10.0. The first-order valence-corrected chi connectivity index (χ1v) is 6.10. The van der Waals surface area contributed by atoms with Gasteiger partial charge in [-0.2, -0.15) is 4.98 Å². The first kappa shape index (κ1) is 11.5. The standard InChI is InChI=1S/C12H21N3O/c1-4-13-5-11-8-16-12(14-11)15-6-9(2)10(3)7-15/h8-10,13H,4-7H2,1-3H3. The minimum absolute atomic E-state index is 0.726. The van der Waals surface area contributed by atoms with Gasteiger partial charge in [0.25, 0.3) is 6.01 Å². The second-order valence-corrected chi connectivity index (χ2v) is 4.76. The summed E-state index contributed by atoms with van der Waals surface area (Å²) in [5.74, 6) is 1.45. The Kier molecular flexibility index (Phi) is 3.49. The van der Waals surface area contributed by atoms with Crippen LogP contribution < -0.4 is 10.2 Å². The van der Waals surface area contributed by atoms with Crippen LogP contribution in [0, 0.1) is 11.8 Å². The first-order valence-electron chi connectivity index (χ1n) is 6.10. The molecule has 4 heteroatoms. The maximum Gasteiger partial charge on any atom is 0.297 e. The molecule has 1 saturated heterocycles. The van der Waals surface area contributed by atoms with Gasteiger partial charge in [-0.3, -0.25) is 0 Å². The van der Waals surface area contributed by atoms with E-state index in [9.17, 15) is 0 Å². The fraction of sp³-hybridized carbons (Fsp3) is 0.750. The van der Waals surface area contributed by atoms with E-state index in [1.807, 2.05) is 0 Å². The first-order chi connectivity index (χ1) is 7.70. The van der Waals surface area contributed by atoms with Crippen molar-refractivity contribution in [3.63, 3.8) is 0 Å². The highest BCUT2D eigenvalue weighted by atomic mass is 16.4. The molecular formula is C12H21N3O. The van der Waals surface area contributed by atoms with Gasteiger partial charge in [0, 0.05) is 19.6 Å². The normalized spacial score (nSPS) is 25.3. The highest BCUT2D eigenvalue weighted by Crippen LogP contribution is 2.26. The van der Waals surface area contributed by atoms with Crippen molar-refractivity contribution in [2.75, 3.05) is 24.5 Å². The number of anilines is 1. The molecule has 16 heavy (non-hydrogen) atoms. The molecule has 0 radical (unpaired) electrons. The molecular weight excluding hydrogens is 202 g/mol. The van der Waals surface area contributed by atoms with Crippen LogP contribution in [-0.2, 0) is 6.54 Å². The minimum atomic E-state index is 0.726. The van der Waals surface area contributed by atoms with Crippen LogP contribution in [0.3, 0.4) is 0 Å². The average Bonchev–Trinajstić information content (AvgIpc) is 2.84.